The van der Waals surface area contributed by atoms with Gasteiger partial charge in [0.1, 0.15) is 4.88 Å². The molecule has 18 heavy (non-hydrogen) atoms. The highest BCUT2D eigenvalue weighted by atomic mass is 32.2. The van der Waals surface area contributed by atoms with Gasteiger partial charge >= 0.3 is 11.9 Å². The first kappa shape index (κ1) is 15.0. The normalized spacial score (nSPS) is 10.2. The van der Waals surface area contributed by atoms with Crippen molar-refractivity contribution < 1.29 is 19.1 Å². The van der Waals surface area contributed by atoms with Gasteiger partial charge < -0.3 is 9.47 Å². The van der Waals surface area contributed by atoms with Crippen molar-refractivity contribution in [3.8, 4) is 0 Å². The monoisotopic (exact) mass is 288 g/mol. The molecule has 1 aromatic heterocycles. The molecule has 1 rings (SSSR count). The number of ether oxygens (including phenoxy) is 2. The summed E-state index contributed by atoms with van der Waals surface area (Å²) >= 11 is 2.71. The molecule has 1 heterocycles. The lowest BCUT2D eigenvalue weighted by Gasteiger charge is -2.03. The molecule has 0 aliphatic rings. The molecular weight excluding hydrogens is 272 g/mol. The van der Waals surface area contributed by atoms with Crippen LogP contribution in [0.15, 0.2) is 4.21 Å². The van der Waals surface area contributed by atoms with Gasteiger partial charge in [-0.3, -0.25) is 0 Å². The van der Waals surface area contributed by atoms with Crippen LogP contribution < -0.4 is 0 Å². The second kappa shape index (κ2) is 6.80. The summed E-state index contributed by atoms with van der Waals surface area (Å²) in [5.41, 5.74) is 1.12. The maximum atomic E-state index is 11.9. The third-order valence-electron chi connectivity index (χ3n) is 2.24. The van der Waals surface area contributed by atoms with E-state index in [9.17, 15) is 9.59 Å². The Morgan fingerprint density at radius 2 is 1.72 bits per heavy atom. The van der Waals surface area contributed by atoms with E-state index in [4.69, 9.17) is 9.47 Å². The van der Waals surface area contributed by atoms with Gasteiger partial charge in [0.05, 0.1) is 23.0 Å². The summed E-state index contributed by atoms with van der Waals surface area (Å²) in [6, 6.07) is 0. The molecular formula is C12H16O4S2. The number of hydrogen-bond acceptors (Lipinski definition) is 6. The summed E-state index contributed by atoms with van der Waals surface area (Å²) in [5, 5.41) is 0. The van der Waals surface area contributed by atoms with Crippen LogP contribution in [0.25, 0.3) is 0 Å². The third-order valence-corrected chi connectivity index (χ3v) is 4.63. The van der Waals surface area contributed by atoms with Crippen LogP contribution in [0.5, 0.6) is 0 Å². The van der Waals surface area contributed by atoms with Crippen molar-refractivity contribution in [1.82, 2.24) is 0 Å². The van der Waals surface area contributed by atoms with Crippen LogP contribution in [-0.4, -0.2) is 31.4 Å². The van der Waals surface area contributed by atoms with Crippen molar-refractivity contribution in [2.24, 2.45) is 0 Å². The van der Waals surface area contributed by atoms with Gasteiger partial charge in [-0.15, -0.1) is 23.1 Å². The van der Waals surface area contributed by atoms with Crippen LogP contribution in [0, 0.1) is 6.92 Å². The fourth-order valence-corrected chi connectivity index (χ4v) is 3.41. The summed E-state index contributed by atoms with van der Waals surface area (Å²) in [4.78, 5) is 24.1. The van der Waals surface area contributed by atoms with Crippen molar-refractivity contribution in [2.75, 3.05) is 19.5 Å². The van der Waals surface area contributed by atoms with Gasteiger partial charge in [0.15, 0.2) is 0 Å². The van der Waals surface area contributed by atoms with E-state index in [1.54, 1.807) is 20.8 Å². The fraction of sp³-hybridized carbons (Fsp3) is 0.500. The largest absolute Gasteiger partial charge is 0.462 e. The highest BCUT2D eigenvalue weighted by Crippen LogP contribution is 2.35. The number of thioether (sulfide) groups is 1. The molecule has 0 aliphatic carbocycles. The quantitative estimate of drug-likeness (QED) is 0.615. The molecule has 100 valence electrons. The molecule has 4 nitrogen and oxygen atoms in total. The lowest BCUT2D eigenvalue weighted by Crippen LogP contribution is -2.08. The number of carbonyl (C=O) groups is 2. The zero-order valence-electron chi connectivity index (χ0n) is 10.9. The Balaban J connectivity index is 3.18. The molecule has 0 aliphatic heterocycles. The second-order valence-corrected chi connectivity index (χ2v) is 5.46. The summed E-state index contributed by atoms with van der Waals surface area (Å²) in [5.74, 6) is -0.767. The maximum absolute atomic E-state index is 11.9. The minimum Gasteiger partial charge on any atom is -0.462 e. The van der Waals surface area contributed by atoms with Gasteiger partial charge in [-0.05, 0) is 32.6 Å². The Bertz CT molecular complexity index is 451. The minimum atomic E-state index is -0.383. The zero-order chi connectivity index (χ0) is 13.7. The predicted molar refractivity (Wildman–Crippen MR) is 72.8 cm³/mol. The number of rotatable bonds is 5. The average Bonchev–Trinajstić information content (AvgIpc) is 2.67. The van der Waals surface area contributed by atoms with E-state index in [0.717, 1.165) is 4.21 Å². The summed E-state index contributed by atoms with van der Waals surface area (Å²) < 4.78 is 10.8. The summed E-state index contributed by atoms with van der Waals surface area (Å²) in [6.07, 6.45) is 1.86. The van der Waals surface area contributed by atoms with Gasteiger partial charge in [-0.1, -0.05) is 0 Å². The van der Waals surface area contributed by atoms with E-state index in [0.29, 0.717) is 29.2 Å². The second-order valence-electron chi connectivity index (χ2n) is 3.36. The van der Waals surface area contributed by atoms with E-state index in [1.807, 2.05) is 6.26 Å². The first-order valence-electron chi connectivity index (χ1n) is 5.58. The van der Waals surface area contributed by atoms with E-state index >= 15 is 0 Å². The molecule has 0 aromatic carbocycles. The number of carbonyl (C=O) groups excluding carboxylic acids is 2. The van der Waals surface area contributed by atoms with Crippen molar-refractivity contribution in [3.63, 3.8) is 0 Å². The van der Waals surface area contributed by atoms with Gasteiger partial charge in [-0.25, -0.2) is 9.59 Å². The van der Waals surface area contributed by atoms with Gasteiger partial charge in [-0.2, -0.15) is 0 Å². The first-order valence-corrected chi connectivity index (χ1v) is 7.62. The molecule has 0 spiro atoms. The molecule has 0 bridgehead atoms. The van der Waals surface area contributed by atoms with Crippen LogP contribution in [0.1, 0.15) is 39.4 Å². The van der Waals surface area contributed by atoms with E-state index in [-0.39, 0.29) is 11.9 Å². The first-order chi connectivity index (χ1) is 8.56. The molecule has 0 unspecified atom stereocenters. The van der Waals surface area contributed by atoms with Crippen LogP contribution in [0.3, 0.4) is 0 Å². The standard InChI is InChI=1S/C12H16O4S2/c1-5-15-10(13)8-7(3)9(11(14)16-6-2)18-12(8)17-4/h5-6H2,1-4H3. The Hall–Kier alpha value is -1.01. The summed E-state index contributed by atoms with van der Waals surface area (Å²) in [7, 11) is 0. The molecule has 0 amide bonds. The Morgan fingerprint density at radius 3 is 2.22 bits per heavy atom. The lowest BCUT2D eigenvalue weighted by atomic mass is 10.2. The van der Waals surface area contributed by atoms with Gasteiger partial charge in [0.2, 0.25) is 0 Å². The minimum absolute atomic E-state index is 0.316. The third kappa shape index (κ3) is 3.05. The zero-order valence-corrected chi connectivity index (χ0v) is 12.5. The molecule has 0 saturated heterocycles. The molecule has 0 radical (unpaired) electrons. The van der Waals surface area contributed by atoms with Crippen molar-refractivity contribution in [1.29, 1.82) is 0 Å². The molecule has 0 saturated carbocycles. The van der Waals surface area contributed by atoms with Crippen LogP contribution >= 0.6 is 23.1 Å². The Kier molecular flexibility index (Phi) is 5.68. The number of hydrogen-bond donors (Lipinski definition) is 0. The summed E-state index contributed by atoms with van der Waals surface area (Å²) in [6.45, 7) is 5.89. The van der Waals surface area contributed by atoms with Crippen molar-refractivity contribution in [3.05, 3.63) is 16.0 Å². The lowest BCUT2D eigenvalue weighted by molar-refractivity contribution is 0.0522. The molecule has 0 fully saturated rings. The van der Waals surface area contributed by atoms with E-state index in [1.165, 1.54) is 23.1 Å². The Morgan fingerprint density at radius 1 is 1.17 bits per heavy atom. The molecule has 0 N–H and O–H groups in total. The number of thiophene rings is 1. The SMILES string of the molecule is CCOC(=O)c1sc(SC)c(C(=O)OCC)c1C. The predicted octanol–water partition coefficient (Wildman–Crippen LogP) is 3.13. The van der Waals surface area contributed by atoms with Gasteiger partial charge in [0, 0.05) is 0 Å². The highest BCUT2D eigenvalue weighted by Gasteiger charge is 2.25. The fourth-order valence-electron chi connectivity index (χ4n) is 1.46. The highest BCUT2D eigenvalue weighted by molar-refractivity contribution is 8.00. The van der Waals surface area contributed by atoms with Crippen molar-refractivity contribution in [2.45, 2.75) is 25.0 Å². The molecule has 6 heteroatoms. The smallest absolute Gasteiger partial charge is 0.348 e. The van der Waals surface area contributed by atoms with E-state index < -0.39 is 0 Å². The van der Waals surface area contributed by atoms with Crippen LogP contribution in [0.4, 0.5) is 0 Å². The average molecular weight is 288 g/mol. The van der Waals surface area contributed by atoms with Crippen LogP contribution in [0.2, 0.25) is 0 Å². The van der Waals surface area contributed by atoms with Gasteiger partial charge in [0.25, 0.3) is 0 Å². The van der Waals surface area contributed by atoms with Crippen molar-refractivity contribution >= 4 is 35.0 Å². The number of esters is 2. The van der Waals surface area contributed by atoms with E-state index in [2.05, 4.69) is 0 Å². The maximum Gasteiger partial charge on any atom is 0.348 e. The van der Waals surface area contributed by atoms with Crippen LogP contribution in [-0.2, 0) is 9.47 Å². The Labute approximate surface area is 115 Å². The molecule has 1 aromatic rings. The topological polar surface area (TPSA) is 52.6 Å². The molecule has 0 atom stereocenters.